The topological polar surface area (TPSA) is 26.3 Å². The van der Waals surface area contributed by atoms with Crippen molar-refractivity contribution < 1.29 is 9.53 Å². The Morgan fingerprint density at radius 2 is 2.33 bits per heavy atom. The van der Waals surface area contributed by atoms with Gasteiger partial charge < -0.3 is 4.74 Å². The van der Waals surface area contributed by atoms with E-state index in [0.29, 0.717) is 6.42 Å². The molecule has 0 saturated heterocycles. The summed E-state index contributed by atoms with van der Waals surface area (Å²) in [5, 5.41) is 0. The van der Waals surface area contributed by atoms with Gasteiger partial charge in [0.1, 0.15) is 6.61 Å². The van der Waals surface area contributed by atoms with Crippen LogP contribution in [0.3, 0.4) is 0 Å². The van der Waals surface area contributed by atoms with Gasteiger partial charge in [0, 0.05) is 6.08 Å². The second-order valence-electron chi connectivity index (χ2n) is 1.45. The molecule has 0 aliphatic heterocycles. The maximum absolute atomic E-state index is 10.3. The molecule has 50 valence electrons. The zero-order valence-electron chi connectivity index (χ0n) is 5.30. The first-order valence-corrected chi connectivity index (χ1v) is 2.75. The fourth-order valence-corrected chi connectivity index (χ4v) is 0.273. The summed E-state index contributed by atoms with van der Waals surface area (Å²) >= 11 is 0. The summed E-state index contributed by atoms with van der Waals surface area (Å²) in [6.07, 6.45) is 2.56. The first-order valence-electron chi connectivity index (χ1n) is 2.75. The molecule has 0 aromatic carbocycles. The van der Waals surface area contributed by atoms with E-state index in [9.17, 15) is 4.79 Å². The van der Waals surface area contributed by atoms with E-state index >= 15 is 0 Å². The predicted molar refractivity (Wildman–Crippen MR) is 35.2 cm³/mol. The molecular formula is C7H10O2. The van der Waals surface area contributed by atoms with Crippen LogP contribution in [0.1, 0.15) is 12.8 Å². The summed E-state index contributed by atoms with van der Waals surface area (Å²) in [4.78, 5) is 10.3. The molecular weight excluding hydrogens is 116 g/mol. The van der Waals surface area contributed by atoms with Crippen molar-refractivity contribution in [1.82, 2.24) is 0 Å². The number of hydrogen-bond acceptors (Lipinski definition) is 2. The third-order valence-corrected chi connectivity index (χ3v) is 0.688. The van der Waals surface area contributed by atoms with Crippen LogP contribution >= 0.6 is 0 Å². The molecule has 0 aliphatic carbocycles. The fourth-order valence-electron chi connectivity index (χ4n) is 0.273. The van der Waals surface area contributed by atoms with Crippen molar-refractivity contribution in [2.45, 2.75) is 12.8 Å². The van der Waals surface area contributed by atoms with E-state index in [4.69, 9.17) is 0 Å². The van der Waals surface area contributed by atoms with Crippen LogP contribution in [-0.2, 0) is 9.53 Å². The number of unbranched alkanes of at least 4 members (excludes halogenated alkanes) is 1. The number of carbonyl (C=O) groups excluding carboxylic acids is 1. The second kappa shape index (κ2) is 5.35. The first-order chi connectivity index (χ1) is 4.31. The molecule has 0 saturated carbocycles. The number of esters is 1. The quantitative estimate of drug-likeness (QED) is 0.324. The Kier molecular flexibility index (Phi) is 4.88. The number of hydrogen-bond donors (Lipinski definition) is 0. The molecule has 0 fully saturated rings. The van der Waals surface area contributed by atoms with E-state index in [0.717, 1.165) is 12.5 Å². The van der Waals surface area contributed by atoms with Gasteiger partial charge in [-0.2, -0.15) is 0 Å². The molecule has 0 N–H and O–H groups in total. The van der Waals surface area contributed by atoms with Crippen LogP contribution in [0, 0.1) is 13.5 Å². The van der Waals surface area contributed by atoms with Gasteiger partial charge in [-0.3, -0.25) is 0 Å². The molecule has 0 aromatic heterocycles. The van der Waals surface area contributed by atoms with Gasteiger partial charge >= 0.3 is 5.97 Å². The molecule has 0 amide bonds. The average Bonchev–Trinajstić information content (AvgIpc) is 1.89. The SMILES string of the molecule is [CH2]CC[CH]OC(=O)C=C. The number of rotatable bonds is 4. The highest BCUT2D eigenvalue weighted by Gasteiger charge is 1.92. The van der Waals surface area contributed by atoms with E-state index in [1.807, 2.05) is 0 Å². The minimum absolute atomic E-state index is 0.413. The monoisotopic (exact) mass is 126 g/mol. The van der Waals surface area contributed by atoms with Crippen molar-refractivity contribution in [2.75, 3.05) is 0 Å². The molecule has 2 heteroatoms. The maximum atomic E-state index is 10.3. The molecule has 0 aliphatic rings. The van der Waals surface area contributed by atoms with Crippen LogP contribution in [0.15, 0.2) is 12.7 Å². The van der Waals surface area contributed by atoms with Crippen molar-refractivity contribution in [2.24, 2.45) is 0 Å². The molecule has 0 bridgehead atoms. The van der Waals surface area contributed by atoms with Crippen LogP contribution in [0.25, 0.3) is 0 Å². The van der Waals surface area contributed by atoms with Crippen molar-refractivity contribution >= 4 is 5.97 Å². The largest absolute Gasteiger partial charge is 0.455 e. The van der Waals surface area contributed by atoms with E-state index < -0.39 is 5.97 Å². The number of ether oxygens (including phenoxy) is 1. The molecule has 0 aromatic rings. The summed E-state index contributed by atoms with van der Waals surface area (Å²) in [6, 6.07) is 0. The Labute approximate surface area is 55.5 Å². The summed E-state index contributed by atoms with van der Waals surface area (Å²) in [7, 11) is 0. The molecule has 0 heterocycles. The Morgan fingerprint density at radius 3 is 2.78 bits per heavy atom. The fraction of sp³-hybridized carbons (Fsp3) is 0.286. The third kappa shape index (κ3) is 5.07. The van der Waals surface area contributed by atoms with Crippen LogP contribution in [0.4, 0.5) is 0 Å². The summed E-state index contributed by atoms with van der Waals surface area (Å²) < 4.78 is 4.51. The average molecular weight is 126 g/mol. The van der Waals surface area contributed by atoms with E-state index in [-0.39, 0.29) is 0 Å². The molecule has 2 radical (unpaired) electrons. The van der Waals surface area contributed by atoms with Crippen LogP contribution in [0.2, 0.25) is 0 Å². The van der Waals surface area contributed by atoms with Gasteiger partial charge in [-0.1, -0.05) is 13.5 Å². The van der Waals surface area contributed by atoms with Gasteiger partial charge in [-0.15, -0.1) is 0 Å². The summed E-state index contributed by atoms with van der Waals surface area (Å²) in [5.41, 5.74) is 0. The van der Waals surface area contributed by atoms with E-state index in [1.54, 1.807) is 0 Å². The lowest BCUT2D eigenvalue weighted by Crippen LogP contribution is -1.96. The highest BCUT2D eigenvalue weighted by Crippen LogP contribution is 1.93. The van der Waals surface area contributed by atoms with Crippen LogP contribution < -0.4 is 0 Å². The van der Waals surface area contributed by atoms with Gasteiger partial charge in [0.2, 0.25) is 0 Å². The molecule has 2 nitrogen and oxygen atoms in total. The molecule has 9 heavy (non-hydrogen) atoms. The van der Waals surface area contributed by atoms with Crippen molar-refractivity contribution in [3.63, 3.8) is 0 Å². The summed E-state index contributed by atoms with van der Waals surface area (Å²) in [5.74, 6) is -0.413. The van der Waals surface area contributed by atoms with Crippen molar-refractivity contribution in [3.05, 3.63) is 26.2 Å². The predicted octanol–water partition coefficient (Wildman–Crippen LogP) is 1.49. The van der Waals surface area contributed by atoms with Gasteiger partial charge in [-0.25, -0.2) is 4.79 Å². The zero-order chi connectivity index (χ0) is 7.11. The van der Waals surface area contributed by atoms with Gasteiger partial charge in [0.15, 0.2) is 0 Å². The lowest BCUT2D eigenvalue weighted by atomic mass is 10.4. The Bertz CT molecular complexity index is 97.1. The highest BCUT2D eigenvalue weighted by atomic mass is 16.5. The van der Waals surface area contributed by atoms with E-state index in [2.05, 4.69) is 18.2 Å². The van der Waals surface area contributed by atoms with Crippen LogP contribution in [-0.4, -0.2) is 5.97 Å². The Balaban J connectivity index is 3.07. The van der Waals surface area contributed by atoms with Gasteiger partial charge in [0.05, 0.1) is 0 Å². The molecule has 0 unspecified atom stereocenters. The zero-order valence-corrected chi connectivity index (χ0v) is 5.30. The first kappa shape index (κ1) is 8.21. The molecule has 0 atom stereocenters. The minimum Gasteiger partial charge on any atom is -0.455 e. The van der Waals surface area contributed by atoms with Crippen molar-refractivity contribution in [3.8, 4) is 0 Å². The van der Waals surface area contributed by atoms with Gasteiger partial charge in [0.25, 0.3) is 0 Å². The molecule has 0 rings (SSSR count). The maximum Gasteiger partial charge on any atom is 0.330 e. The van der Waals surface area contributed by atoms with E-state index in [1.165, 1.54) is 6.61 Å². The standard InChI is InChI=1S/C7H10O2/c1-3-5-6-9-7(8)4-2/h4,6H,1-3,5H2. The van der Waals surface area contributed by atoms with Crippen molar-refractivity contribution in [1.29, 1.82) is 0 Å². The van der Waals surface area contributed by atoms with Gasteiger partial charge in [-0.05, 0) is 12.8 Å². The molecule has 0 spiro atoms. The second-order valence-corrected chi connectivity index (χ2v) is 1.45. The lowest BCUT2D eigenvalue weighted by Gasteiger charge is -1.95. The minimum atomic E-state index is -0.413. The number of carbonyl (C=O) groups is 1. The third-order valence-electron chi connectivity index (χ3n) is 0.688. The smallest absolute Gasteiger partial charge is 0.330 e. The lowest BCUT2D eigenvalue weighted by molar-refractivity contribution is -0.134. The normalized spacial score (nSPS) is 8.56. The Hall–Kier alpha value is -0.790. The summed E-state index contributed by atoms with van der Waals surface area (Å²) in [6.45, 7) is 8.22. The highest BCUT2D eigenvalue weighted by molar-refractivity contribution is 5.81. The van der Waals surface area contributed by atoms with Crippen LogP contribution in [0.5, 0.6) is 0 Å². The Morgan fingerprint density at radius 1 is 1.67 bits per heavy atom.